The fourth-order valence-electron chi connectivity index (χ4n) is 2.95. The number of nitrogens with two attached hydrogens (primary N) is 1. The fourth-order valence-corrected chi connectivity index (χ4v) is 4.60. The second kappa shape index (κ2) is 5.52. The zero-order valence-electron chi connectivity index (χ0n) is 13.0. The molecule has 0 bridgehead atoms. The summed E-state index contributed by atoms with van der Waals surface area (Å²) in [6, 6.07) is 11.8. The second-order valence-corrected chi connectivity index (χ2v) is 7.46. The molecule has 8 heteroatoms. The van der Waals surface area contributed by atoms with Gasteiger partial charge in [0.25, 0.3) is 5.91 Å². The van der Waals surface area contributed by atoms with Gasteiger partial charge in [0, 0.05) is 12.1 Å². The summed E-state index contributed by atoms with van der Waals surface area (Å²) in [7, 11) is -3.91. The Morgan fingerprint density at radius 1 is 1.12 bits per heavy atom. The number of benzene rings is 2. The summed E-state index contributed by atoms with van der Waals surface area (Å²) in [4.78, 5) is 11.4. The van der Waals surface area contributed by atoms with Crippen molar-refractivity contribution in [2.75, 3.05) is 6.79 Å². The third-order valence-corrected chi connectivity index (χ3v) is 5.95. The molecule has 2 aromatic rings. The van der Waals surface area contributed by atoms with Crippen LogP contribution in [0.1, 0.15) is 11.1 Å². The molecule has 0 radical (unpaired) electrons. The number of primary amides is 1. The van der Waals surface area contributed by atoms with Crippen molar-refractivity contribution in [2.45, 2.75) is 11.4 Å². The third kappa shape index (κ3) is 2.42. The summed E-state index contributed by atoms with van der Waals surface area (Å²) in [6.45, 7) is 0.474. The number of rotatable bonds is 4. The highest BCUT2D eigenvalue weighted by molar-refractivity contribution is 7.97. The first-order chi connectivity index (χ1) is 12.0. The van der Waals surface area contributed by atoms with E-state index in [1.807, 2.05) is 6.07 Å². The Balaban J connectivity index is 1.70. The van der Waals surface area contributed by atoms with Crippen LogP contribution in [0.15, 0.2) is 52.3 Å². The molecule has 0 aromatic heterocycles. The highest BCUT2D eigenvalue weighted by atomic mass is 32.2. The number of carbonyl (C=O) groups excluding carboxylic acids is 1. The Bertz CT molecular complexity index is 1030. The van der Waals surface area contributed by atoms with E-state index in [9.17, 15) is 13.2 Å². The van der Waals surface area contributed by atoms with E-state index in [0.717, 1.165) is 5.56 Å². The Labute approximate surface area is 144 Å². The minimum Gasteiger partial charge on any atom is -0.454 e. The SMILES string of the molecule is NC(=O)C1=C(NCc2ccc3c(c2)OCO3)c2ccccc2S1(=O)=O. The lowest BCUT2D eigenvalue weighted by molar-refractivity contribution is -0.113. The van der Waals surface area contributed by atoms with Crippen LogP contribution in [-0.4, -0.2) is 21.1 Å². The van der Waals surface area contributed by atoms with Gasteiger partial charge in [0.2, 0.25) is 16.6 Å². The predicted octanol–water partition coefficient (Wildman–Crippen LogP) is 1.15. The van der Waals surface area contributed by atoms with Crippen LogP contribution in [0.25, 0.3) is 5.70 Å². The van der Waals surface area contributed by atoms with Crippen LogP contribution in [0, 0.1) is 0 Å². The van der Waals surface area contributed by atoms with E-state index < -0.39 is 20.6 Å². The van der Waals surface area contributed by atoms with Gasteiger partial charge in [-0.15, -0.1) is 0 Å². The van der Waals surface area contributed by atoms with Gasteiger partial charge in [-0.1, -0.05) is 24.3 Å². The van der Waals surface area contributed by atoms with Gasteiger partial charge < -0.3 is 20.5 Å². The molecular weight excluding hydrogens is 344 g/mol. The normalized spacial score (nSPS) is 16.6. The Hall–Kier alpha value is -3.00. The molecule has 128 valence electrons. The van der Waals surface area contributed by atoms with Gasteiger partial charge in [-0.3, -0.25) is 4.79 Å². The molecule has 0 saturated heterocycles. The second-order valence-electron chi connectivity index (χ2n) is 5.61. The van der Waals surface area contributed by atoms with Crippen LogP contribution in [0.4, 0.5) is 0 Å². The topological polar surface area (TPSA) is 108 Å². The van der Waals surface area contributed by atoms with Crippen molar-refractivity contribution in [3.8, 4) is 11.5 Å². The van der Waals surface area contributed by atoms with Gasteiger partial charge in [-0.25, -0.2) is 8.42 Å². The monoisotopic (exact) mass is 358 g/mol. The van der Waals surface area contributed by atoms with E-state index in [1.165, 1.54) is 6.07 Å². The lowest BCUT2D eigenvalue weighted by Gasteiger charge is -2.10. The molecule has 0 spiro atoms. The van der Waals surface area contributed by atoms with E-state index in [2.05, 4.69) is 5.32 Å². The van der Waals surface area contributed by atoms with Gasteiger partial charge in [-0.05, 0) is 23.8 Å². The predicted molar refractivity (Wildman–Crippen MR) is 89.1 cm³/mol. The number of sulfone groups is 1. The quantitative estimate of drug-likeness (QED) is 0.849. The summed E-state index contributed by atoms with van der Waals surface area (Å²) < 4.78 is 35.7. The lowest BCUT2D eigenvalue weighted by atomic mass is 10.1. The molecule has 0 saturated carbocycles. The van der Waals surface area contributed by atoms with Crippen molar-refractivity contribution in [3.05, 3.63) is 58.5 Å². The van der Waals surface area contributed by atoms with Crippen molar-refractivity contribution >= 4 is 21.4 Å². The maximum atomic E-state index is 12.6. The van der Waals surface area contributed by atoms with Crippen LogP contribution < -0.4 is 20.5 Å². The molecule has 2 heterocycles. The summed E-state index contributed by atoms with van der Waals surface area (Å²) in [5.74, 6) is 0.307. The number of ether oxygens (including phenoxy) is 2. The molecule has 2 aliphatic rings. The summed E-state index contributed by atoms with van der Waals surface area (Å²) in [5, 5.41) is 3.04. The van der Waals surface area contributed by atoms with Crippen LogP contribution in [0.5, 0.6) is 11.5 Å². The number of amides is 1. The van der Waals surface area contributed by atoms with Crippen molar-refractivity contribution < 1.29 is 22.7 Å². The molecule has 0 fully saturated rings. The van der Waals surface area contributed by atoms with E-state index in [4.69, 9.17) is 15.2 Å². The van der Waals surface area contributed by atoms with Crippen LogP contribution in [-0.2, 0) is 21.2 Å². The Morgan fingerprint density at radius 3 is 2.68 bits per heavy atom. The van der Waals surface area contributed by atoms with Crippen molar-refractivity contribution in [1.82, 2.24) is 5.32 Å². The van der Waals surface area contributed by atoms with Gasteiger partial charge in [-0.2, -0.15) is 0 Å². The molecule has 3 N–H and O–H groups in total. The fraction of sp³-hybridized carbons (Fsp3) is 0.118. The smallest absolute Gasteiger partial charge is 0.262 e. The Kier molecular flexibility index (Phi) is 3.43. The number of nitrogens with one attached hydrogen (secondary N) is 1. The van der Waals surface area contributed by atoms with Gasteiger partial charge in [0.15, 0.2) is 16.4 Å². The molecule has 2 aromatic carbocycles. The van der Waals surface area contributed by atoms with Crippen LogP contribution >= 0.6 is 0 Å². The third-order valence-electron chi connectivity index (χ3n) is 4.07. The van der Waals surface area contributed by atoms with Crippen molar-refractivity contribution in [3.63, 3.8) is 0 Å². The maximum Gasteiger partial charge on any atom is 0.262 e. The largest absolute Gasteiger partial charge is 0.454 e. The minimum atomic E-state index is -3.91. The summed E-state index contributed by atoms with van der Waals surface area (Å²) in [6.07, 6.45) is 0. The molecule has 4 rings (SSSR count). The van der Waals surface area contributed by atoms with Crippen LogP contribution in [0.3, 0.4) is 0 Å². The van der Waals surface area contributed by atoms with Gasteiger partial charge in [0.1, 0.15) is 0 Å². The summed E-state index contributed by atoms with van der Waals surface area (Å²) in [5.41, 5.74) is 6.85. The van der Waals surface area contributed by atoms with E-state index in [1.54, 1.807) is 30.3 Å². The standard InChI is InChI=1S/C17H14N2O5S/c18-17(20)16-15(11-3-1-2-4-14(11)25(16,21)22)19-8-10-5-6-12-13(7-10)24-9-23-12/h1-7,19H,8-9H2,(H2,18,20). The Morgan fingerprint density at radius 2 is 1.88 bits per heavy atom. The first kappa shape index (κ1) is 15.5. The number of fused-ring (bicyclic) bond motifs is 2. The molecule has 25 heavy (non-hydrogen) atoms. The van der Waals surface area contributed by atoms with E-state index in [-0.39, 0.29) is 17.4 Å². The molecule has 0 atom stereocenters. The highest BCUT2D eigenvalue weighted by Crippen LogP contribution is 2.38. The summed E-state index contributed by atoms with van der Waals surface area (Å²) >= 11 is 0. The van der Waals surface area contributed by atoms with E-state index >= 15 is 0 Å². The molecule has 0 aliphatic carbocycles. The van der Waals surface area contributed by atoms with Gasteiger partial charge >= 0.3 is 0 Å². The molecule has 0 unspecified atom stereocenters. The maximum absolute atomic E-state index is 12.6. The average molecular weight is 358 g/mol. The average Bonchev–Trinajstić information content (AvgIpc) is 3.13. The molecule has 7 nitrogen and oxygen atoms in total. The van der Waals surface area contributed by atoms with Crippen molar-refractivity contribution in [2.24, 2.45) is 5.73 Å². The lowest BCUT2D eigenvalue weighted by Crippen LogP contribution is -2.22. The minimum absolute atomic E-state index is 0.0805. The van der Waals surface area contributed by atoms with Crippen LogP contribution in [0.2, 0.25) is 0 Å². The molecular formula is C17H14N2O5S. The first-order valence-electron chi connectivity index (χ1n) is 7.49. The molecule has 1 amide bonds. The number of hydrogen-bond donors (Lipinski definition) is 2. The zero-order chi connectivity index (χ0) is 17.6. The van der Waals surface area contributed by atoms with E-state index in [0.29, 0.717) is 23.6 Å². The highest BCUT2D eigenvalue weighted by Gasteiger charge is 2.38. The number of hydrogen-bond acceptors (Lipinski definition) is 6. The first-order valence-corrected chi connectivity index (χ1v) is 8.98. The van der Waals surface area contributed by atoms with Crippen molar-refractivity contribution in [1.29, 1.82) is 0 Å². The zero-order valence-corrected chi connectivity index (χ0v) is 13.8. The molecule has 2 aliphatic heterocycles. The van der Waals surface area contributed by atoms with Gasteiger partial charge in [0.05, 0.1) is 10.6 Å². The number of carbonyl (C=O) groups is 1.